The summed E-state index contributed by atoms with van der Waals surface area (Å²) in [7, 11) is -5.07. The first-order valence-electron chi connectivity index (χ1n) is 28.6. The zero-order valence-corrected chi connectivity index (χ0v) is 45.0. The van der Waals surface area contributed by atoms with Crippen LogP contribution in [0.3, 0.4) is 0 Å². The minimum absolute atomic E-state index is 0.0364. The molecule has 4 N–H and O–H groups in total. The van der Waals surface area contributed by atoms with Gasteiger partial charge in [0.25, 0.3) is 0 Å². The second kappa shape index (κ2) is 47.6. The maximum absolute atomic E-state index is 13.0. The van der Waals surface area contributed by atoms with Crippen LogP contribution < -0.4 is 0 Å². The molecule has 0 bridgehead atoms. The Kier molecular flexibility index (Phi) is 45.2. The molecule has 408 valence electrons. The maximum Gasteiger partial charge on any atom is 0.397 e. The van der Waals surface area contributed by atoms with Crippen molar-refractivity contribution in [2.24, 2.45) is 0 Å². The number of hydrogen-bond acceptors (Lipinski definition) is 11. The van der Waals surface area contributed by atoms with Gasteiger partial charge in [-0.2, -0.15) is 8.42 Å². The van der Waals surface area contributed by atoms with Crippen LogP contribution in [0, 0.1) is 0 Å². The van der Waals surface area contributed by atoms with E-state index in [1.54, 1.807) is 0 Å². The van der Waals surface area contributed by atoms with Crippen LogP contribution in [0.25, 0.3) is 0 Å². The highest BCUT2D eigenvalue weighted by atomic mass is 32.3. The molecule has 0 aliphatic carbocycles. The number of carbonyl (C=O) groups excluding carboxylic acids is 1. The molecule has 1 aliphatic rings. The van der Waals surface area contributed by atoms with E-state index in [1.807, 2.05) is 0 Å². The maximum atomic E-state index is 13.0. The Morgan fingerprint density at radius 1 is 0.551 bits per heavy atom. The van der Waals surface area contributed by atoms with Gasteiger partial charge in [0.1, 0.15) is 30.5 Å². The van der Waals surface area contributed by atoms with Crippen LogP contribution in [0.2, 0.25) is 0 Å². The molecule has 6 atom stereocenters. The zero-order valence-electron chi connectivity index (χ0n) is 44.1. The topological polar surface area (TPSA) is 178 Å². The molecular weight excluding hydrogens is 897 g/mol. The van der Waals surface area contributed by atoms with Gasteiger partial charge in [0.05, 0.1) is 19.8 Å². The van der Waals surface area contributed by atoms with Crippen LogP contribution in [-0.4, -0.2) is 97.5 Å². The van der Waals surface area contributed by atoms with Crippen LogP contribution in [0.4, 0.5) is 0 Å². The second-order valence-corrected chi connectivity index (χ2v) is 20.9. The first-order chi connectivity index (χ1) is 33.6. The third-order valence-corrected chi connectivity index (χ3v) is 13.8. The monoisotopic (exact) mass is 1000 g/mol. The van der Waals surface area contributed by atoms with E-state index in [0.717, 1.165) is 51.4 Å². The summed E-state index contributed by atoms with van der Waals surface area (Å²) in [6.07, 6.45) is 47.9. The van der Waals surface area contributed by atoms with Crippen LogP contribution >= 0.6 is 0 Å². The van der Waals surface area contributed by atoms with Crippen molar-refractivity contribution in [3.05, 3.63) is 24.3 Å². The van der Waals surface area contributed by atoms with Crippen molar-refractivity contribution in [3.63, 3.8) is 0 Å². The van der Waals surface area contributed by atoms with Crippen molar-refractivity contribution < 1.29 is 56.2 Å². The van der Waals surface area contributed by atoms with Gasteiger partial charge >= 0.3 is 16.4 Å². The van der Waals surface area contributed by atoms with Gasteiger partial charge in [-0.25, -0.2) is 4.18 Å². The Bertz CT molecular complexity index is 1300. The van der Waals surface area contributed by atoms with Crippen molar-refractivity contribution in [1.29, 1.82) is 0 Å². The lowest BCUT2D eigenvalue weighted by Gasteiger charge is -2.41. The van der Waals surface area contributed by atoms with E-state index in [4.69, 9.17) is 18.9 Å². The van der Waals surface area contributed by atoms with Gasteiger partial charge in [0, 0.05) is 13.0 Å². The number of esters is 1. The fraction of sp³-hybridized carbons (Fsp3) is 0.911. The van der Waals surface area contributed by atoms with Gasteiger partial charge in [-0.1, -0.05) is 237 Å². The summed E-state index contributed by atoms with van der Waals surface area (Å²) in [6, 6.07) is 0. The van der Waals surface area contributed by atoms with Crippen molar-refractivity contribution in [1.82, 2.24) is 0 Å². The number of allylic oxidation sites excluding steroid dienone is 4. The molecule has 0 aromatic carbocycles. The number of hydrogen-bond donors (Lipinski definition) is 4. The fourth-order valence-electron chi connectivity index (χ4n) is 9.00. The van der Waals surface area contributed by atoms with Gasteiger partial charge in [-0.15, -0.1) is 0 Å². The highest BCUT2D eigenvalue weighted by Gasteiger charge is 2.48. The summed E-state index contributed by atoms with van der Waals surface area (Å²) in [4.78, 5) is 13.0. The molecule has 12 nitrogen and oxygen atoms in total. The Balaban J connectivity index is 2.28. The molecule has 0 radical (unpaired) electrons. The minimum Gasteiger partial charge on any atom is -0.457 e. The van der Waals surface area contributed by atoms with Crippen LogP contribution in [-0.2, 0) is 38.3 Å². The van der Waals surface area contributed by atoms with E-state index in [-0.39, 0.29) is 19.6 Å². The molecule has 1 heterocycles. The number of aliphatic hydroxyl groups is 3. The van der Waals surface area contributed by atoms with E-state index in [0.29, 0.717) is 13.0 Å². The highest BCUT2D eigenvalue weighted by Crippen LogP contribution is 2.26. The smallest absolute Gasteiger partial charge is 0.397 e. The Morgan fingerprint density at radius 2 is 0.957 bits per heavy atom. The van der Waals surface area contributed by atoms with Crippen LogP contribution in [0.1, 0.15) is 264 Å². The number of ether oxygens (including phenoxy) is 4. The Hall–Kier alpha value is -1.42. The quantitative estimate of drug-likeness (QED) is 0.0196. The lowest BCUT2D eigenvalue weighted by Crippen LogP contribution is -2.60. The van der Waals surface area contributed by atoms with E-state index in [9.17, 15) is 33.1 Å². The summed E-state index contributed by atoms with van der Waals surface area (Å²) in [5, 5.41) is 30.8. The van der Waals surface area contributed by atoms with Crippen molar-refractivity contribution in [3.8, 4) is 0 Å². The normalized spacial score (nSPS) is 19.3. The van der Waals surface area contributed by atoms with E-state index in [1.165, 1.54) is 186 Å². The summed E-state index contributed by atoms with van der Waals surface area (Å²) in [5.41, 5.74) is 0. The summed E-state index contributed by atoms with van der Waals surface area (Å²) < 4.78 is 59.4. The van der Waals surface area contributed by atoms with Crippen LogP contribution in [0.15, 0.2) is 24.3 Å². The van der Waals surface area contributed by atoms with Gasteiger partial charge in [0.2, 0.25) is 0 Å². The summed E-state index contributed by atoms with van der Waals surface area (Å²) in [6.45, 7) is 4.01. The standard InChI is InChI=1S/C56H106O12S/c1-3-5-7-9-11-13-15-17-19-21-23-24-25-26-27-28-29-31-33-35-37-39-41-43-45-52(58)66-50(49-65-56-54(60)55(68-69(61,62)63)53(59)51(47-57)67-56)48-64-46-44-42-40-38-36-34-32-30-22-20-18-16-14-12-10-8-6-4-2/h12,14,18,20,50-51,53-57,59-60H,3-11,13,15-17,19,21-49H2,1-2H3,(H,61,62,63)/b14-12-,20-18-. The third-order valence-electron chi connectivity index (χ3n) is 13.3. The van der Waals surface area contributed by atoms with Crippen LogP contribution in [0.5, 0.6) is 0 Å². The third kappa shape index (κ3) is 40.7. The average molecular weight is 1000 g/mol. The van der Waals surface area contributed by atoms with E-state index < -0.39 is 59.8 Å². The van der Waals surface area contributed by atoms with E-state index >= 15 is 0 Å². The predicted octanol–water partition coefficient (Wildman–Crippen LogP) is 13.9. The molecule has 0 amide bonds. The first-order valence-corrected chi connectivity index (χ1v) is 30.0. The second-order valence-electron chi connectivity index (χ2n) is 19.9. The number of aliphatic hydroxyl groups excluding tert-OH is 3. The SMILES string of the molecule is CCCCC/C=C\C/C=C\CCCCCCCCCCOCC(COC1OC(CO)C(O)C(OS(=O)(=O)O)C1O)OC(=O)CCCCCCCCCCCCCCCCCCCCCCCCCC. The number of unbranched alkanes of at least 4 members (excludes halogenated alkanes) is 34. The molecule has 1 saturated heterocycles. The predicted molar refractivity (Wildman–Crippen MR) is 281 cm³/mol. The molecule has 1 aliphatic heterocycles. The lowest BCUT2D eigenvalue weighted by molar-refractivity contribution is -0.301. The van der Waals surface area contributed by atoms with Gasteiger partial charge in [0.15, 0.2) is 6.29 Å². The first kappa shape index (κ1) is 65.6. The highest BCUT2D eigenvalue weighted by molar-refractivity contribution is 7.80. The molecule has 6 unspecified atom stereocenters. The van der Waals surface area contributed by atoms with Gasteiger partial charge in [-0.05, 0) is 44.9 Å². The average Bonchev–Trinajstić information content (AvgIpc) is 3.32. The summed E-state index contributed by atoms with van der Waals surface area (Å²) in [5.74, 6) is -0.395. The number of rotatable bonds is 51. The molecule has 1 fully saturated rings. The molecule has 1 rings (SSSR count). The van der Waals surface area contributed by atoms with Gasteiger partial charge < -0.3 is 34.3 Å². The van der Waals surface area contributed by atoms with E-state index in [2.05, 4.69) is 42.3 Å². The molecule has 0 spiro atoms. The molecule has 0 aromatic heterocycles. The lowest BCUT2D eigenvalue weighted by atomic mass is 9.99. The molecule has 13 heteroatoms. The van der Waals surface area contributed by atoms with Gasteiger partial charge in [-0.3, -0.25) is 9.35 Å². The Labute approximate surface area is 422 Å². The zero-order chi connectivity index (χ0) is 50.3. The van der Waals surface area contributed by atoms with Crippen molar-refractivity contribution in [2.45, 2.75) is 301 Å². The molecule has 0 aromatic rings. The number of carbonyl (C=O) groups is 1. The van der Waals surface area contributed by atoms with Crippen molar-refractivity contribution >= 4 is 16.4 Å². The summed E-state index contributed by atoms with van der Waals surface area (Å²) >= 11 is 0. The minimum atomic E-state index is -5.07. The molecule has 69 heavy (non-hydrogen) atoms. The Morgan fingerprint density at radius 3 is 1.41 bits per heavy atom. The molecule has 0 saturated carbocycles. The largest absolute Gasteiger partial charge is 0.457 e. The fourth-order valence-corrected chi connectivity index (χ4v) is 9.51. The van der Waals surface area contributed by atoms with Crippen molar-refractivity contribution in [2.75, 3.05) is 26.4 Å². The molecular formula is C56H106O12S.